The first kappa shape index (κ1) is 20.7. The minimum absolute atomic E-state index is 0.0176. The Morgan fingerprint density at radius 3 is 2.79 bits per heavy atom. The summed E-state index contributed by atoms with van der Waals surface area (Å²) in [6.07, 6.45) is 0.537. The number of hydrogen-bond acceptors (Lipinski definition) is 6. The molecule has 2 aromatic rings. The van der Waals surface area contributed by atoms with Crippen molar-refractivity contribution < 1.29 is 23.5 Å². The van der Waals surface area contributed by atoms with Gasteiger partial charge in [-0.1, -0.05) is 30.3 Å². The second-order valence-corrected chi connectivity index (χ2v) is 6.79. The van der Waals surface area contributed by atoms with E-state index in [0.29, 0.717) is 32.5 Å². The van der Waals surface area contributed by atoms with Crippen molar-refractivity contribution in [3.63, 3.8) is 0 Å². The van der Waals surface area contributed by atoms with Crippen LogP contribution in [0, 0.1) is 5.82 Å². The second kappa shape index (κ2) is 9.97. The molecule has 0 bridgehead atoms. The molecule has 2 heterocycles. The Labute approximate surface area is 168 Å². The van der Waals surface area contributed by atoms with Crippen LogP contribution in [0.5, 0.6) is 0 Å². The van der Waals surface area contributed by atoms with Gasteiger partial charge in [0.05, 0.1) is 12.8 Å². The van der Waals surface area contributed by atoms with Gasteiger partial charge in [-0.25, -0.2) is 19.0 Å². The minimum atomic E-state index is -0.602. The number of pyridine rings is 1. The Hall–Kier alpha value is -3.00. The highest BCUT2D eigenvalue weighted by molar-refractivity contribution is 5.87. The lowest BCUT2D eigenvalue weighted by molar-refractivity contribution is 0.0593. The Morgan fingerprint density at radius 1 is 1.24 bits per heavy atom. The molecule has 0 saturated carbocycles. The molecule has 1 atom stereocenters. The van der Waals surface area contributed by atoms with Crippen LogP contribution in [-0.4, -0.2) is 54.7 Å². The number of rotatable bonds is 6. The number of ether oxygens (including phenoxy) is 2. The molecule has 3 rings (SSSR count). The molecule has 0 unspecified atom stereocenters. The minimum Gasteiger partial charge on any atom is -0.464 e. The summed E-state index contributed by atoms with van der Waals surface area (Å²) in [4.78, 5) is 29.7. The summed E-state index contributed by atoms with van der Waals surface area (Å²) < 4.78 is 24.1. The molecule has 1 N–H and O–H groups in total. The number of aromatic nitrogens is 1. The van der Waals surface area contributed by atoms with E-state index in [2.05, 4.69) is 15.0 Å². The highest BCUT2D eigenvalue weighted by Crippen LogP contribution is 2.13. The zero-order valence-electron chi connectivity index (χ0n) is 16.3. The van der Waals surface area contributed by atoms with Crippen LogP contribution < -0.4 is 5.32 Å². The molecule has 1 aliphatic rings. The van der Waals surface area contributed by atoms with Crippen LogP contribution in [0.15, 0.2) is 42.5 Å². The molecule has 154 valence electrons. The average Bonchev–Trinajstić information content (AvgIpc) is 2.77. The quantitative estimate of drug-likeness (QED) is 0.750. The first-order valence-electron chi connectivity index (χ1n) is 9.49. The van der Waals surface area contributed by atoms with Crippen molar-refractivity contribution in [2.24, 2.45) is 0 Å². The van der Waals surface area contributed by atoms with Gasteiger partial charge in [0.25, 0.3) is 0 Å². The van der Waals surface area contributed by atoms with E-state index >= 15 is 0 Å². The summed E-state index contributed by atoms with van der Waals surface area (Å²) in [7, 11) is 1.25. The molecule has 0 spiro atoms. The predicted octanol–water partition coefficient (Wildman–Crippen LogP) is 2.55. The number of carbonyl (C=O) groups excluding carboxylic acids is 2. The van der Waals surface area contributed by atoms with Crippen molar-refractivity contribution in [3.05, 3.63) is 65.2 Å². The smallest absolute Gasteiger partial charge is 0.410 e. The number of esters is 1. The van der Waals surface area contributed by atoms with Crippen molar-refractivity contribution in [2.45, 2.75) is 25.5 Å². The van der Waals surface area contributed by atoms with Gasteiger partial charge in [-0.2, -0.15) is 0 Å². The zero-order chi connectivity index (χ0) is 20.6. The van der Waals surface area contributed by atoms with Crippen molar-refractivity contribution in [3.8, 4) is 0 Å². The number of amides is 1. The number of methoxy groups -OCH3 is 1. The second-order valence-electron chi connectivity index (χ2n) is 6.79. The van der Waals surface area contributed by atoms with E-state index in [1.165, 1.54) is 19.2 Å². The van der Waals surface area contributed by atoms with E-state index in [4.69, 9.17) is 4.74 Å². The Bertz CT molecular complexity index is 847. The number of benzene rings is 1. The first-order valence-corrected chi connectivity index (χ1v) is 9.49. The van der Waals surface area contributed by atoms with Gasteiger partial charge in [0.15, 0.2) is 0 Å². The molecular weight excluding hydrogens is 377 g/mol. The van der Waals surface area contributed by atoms with E-state index < -0.39 is 11.8 Å². The fourth-order valence-electron chi connectivity index (χ4n) is 3.18. The summed E-state index contributed by atoms with van der Waals surface area (Å²) >= 11 is 0. The van der Waals surface area contributed by atoms with Crippen LogP contribution in [-0.2, 0) is 22.5 Å². The highest BCUT2D eigenvalue weighted by atomic mass is 19.1. The average molecular weight is 401 g/mol. The SMILES string of the molecule is COC(=O)c1ccc(F)c(CC[C@@H]2CN(C(=O)OCc3ccccc3)CCN2)n1. The molecule has 1 amide bonds. The molecule has 1 saturated heterocycles. The lowest BCUT2D eigenvalue weighted by atomic mass is 10.1. The van der Waals surface area contributed by atoms with E-state index in [0.717, 1.165) is 5.56 Å². The van der Waals surface area contributed by atoms with E-state index in [9.17, 15) is 14.0 Å². The summed E-state index contributed by atoms with van der Waals surface area (Å²) in [6, 6.07) is 12.0. The van der Waals surface area contributed by atoms with Gasteiger partial charge in [-0.05, 0) is 30.5 Å². The van der Waals surface area contributed by atoms with Gasteiger partial charge >= 0.3 is 12.1 Å². The van der Waals surface area contributed by atoms with Crippen LogP contribution in [0.3, 0.4) is 0 Å². The molecule has 0 radical (unpaired) electrons. The van der Waals surface area contributed by atoms with Crippen molar-refractivity contribution in [1.82, 2.24) is 15.2 Å². The predicted molar refractivity (Wildman–Crippen MR) is 104 cm³/mol. The topological polar surface area (TPSA) is 80.8 Å². The Balaban J connectivity index is 1.52. The maximum atomic E-state index is 14.0. The fourth-order valence-corrected chi connectivity index (χ4v) is 3.18. The number of aryl methyl sites for hydroxylation is 1. The third-order valence-electron chi connectivity index (χ3n) is 4.76. The van der Waals surface area contributed by atoms with Gasteiger partial charge in [-0.15, -0.1) is 0 Å². The fraction of sp³-hybridized carbons (Fsp3) is 0.381. The summed E-state index contributed by atoms with van der Waals surface area (Å²) in [5, 5.41) is 3.32. The Morgan fingerprint density at radius 2 is 2.03 bits per heavy atom. The maximum Gasteiger partial charge on any atom is 0.410 e. The number of nitrogens with zero attached hydrogens (tertiary/aromatic N) is 2. The summed E-state index contributed by atoms with van der Waals surface area (Å²) in [5.74, 6) is -1.07. The van der Waals surface area contributed by atoms with Crippen LogP contribution in [0.25, 0.3) is 0 Å². The van der Waals surface area contributed by atoms with Crippen molar-refractivity contribution in [1.29, 1.82) is 0 Å². The van der Waals surface area contributed by atoms with Gasteiger partial charge in [0, 0.05) is 25.7 Å². The van der Waals surface area contributed by atoms with Gasteiger partial charge < -0.3 is 19.7 Å². The maximum absolute atomic E-state index is 14.0. The van der Waals surface area contributed by atoms with Crippen molar-refractivity contribution in [2.75, 3.05) is 26.7 Å². The van der Waals surface area contributed by atoms with Crippen LogP contribution in [0.4, 0.5) is 9.18 Å². The number of piperazine rings is 1. The van der Waals surface area contributed by atoms with Crippen molar-refractivity contribution >= 4 is 12.1 Å². The molecule has 7 nitrogen and oxygen atoms in total. The van der Waals surface area contributed by atoms with Gasteiger partial charge in [0.1, 0.15) is 18.1 Å². The van der Waals surface area contributed by atoms with E-state index in [-0.39, 0.29) is 30.1 Å². The molecule has 1 aromatic heterocycles. The number of carbonyl (C=O) groups is 2. The molecule has 1 fully saturated rings. The van der Waals surface area contributed by atoms with E-state index in [1.807, 2.05) is 30.3 Å². The third-order valence-corrected chi connectivity index (χ3v) is 4.76. The van der Waals surface area contributed by atoms with E-state index in [1.54, 1.807) is 4.90 Å². The monoisotopic (exact) mass is 401 g/mol. The lowest BCUT2D eigenvalue weighted by Crippen LogP contribution is -2.52. The lowest BCUT2D eigenvalue weighted by Gasteiger charge is -2.33. The van der Waals surface area contributed by atoms with Gasteiger partial charge in [0.2, 0.25) is 0 Å². The number of hydrogen-bond donors (Lipinski definition) is 1. The number of nitrogens with one attached hydrogen (secondary N) is 1. The van der Waals surface area contributed by atoms with Crippen LogP contribution >= 0.6 is 0 Å². The molecule has 8 heteroatoms. The van der Waals surface area contributed by atoms with Gasteiger partial charge in [-0.3, -0.25) is 0 Å². The molecule has 0 aliphatic carbocycles. The summed E-state index contributed by atoms with van der Waals surface area (Å²) in [6.45, 7) is 1.87. The molecule has 1 aliphatic heterocycles. The summed E-state index contributed by atoms with van der Waals surface area (Å²) in [5.41, 5.74) is 1.21. The largest absolute Gasteiger partial charge is 0.464 e. The number of halogens is 1. The standard InChI is InChI=1S/C21H24FN3O4/c1-28-20(26)19-10-8-17(22)18(24-19)9-7-16-13-25(12-11-23-16)21(27)29-14-15-5-3-2-4-6-15/h2-6,8,10,16,23H,7,9,11-14H2,1H3/t16-/m1/s1. The third kappa shape index (κ3) is 5.74. The van der Waals surface area contributed by atoms with Crippen LogP contribution in [0.1, 0.15) is 28.2 Å². The van der Waals surface area contributed by atoms with Crippen LogP contribution in [0.2, 0.25) is 0 Å². The Kier molecular flexibility index (Phi) is 7.13. The molecule has 1 aromatic carbocycles. The normalized spacial score (nSPS) is 16.3. The molecule has 29 heavy (non-hydrogen) atoms. The highest BCUT2D eigenvalue weighted by Gasteiger charge is 2.24. The molecular formula is C21H24FN3O4. The first-order chi connectivity index (χ1) is 14.1. The zero-order valence-corrected chi connectivity index (χ0v) is 16.3.